The van der Waals surface area contributed by atoms with Crippen LogP contribution in [0.3, 0.4) is 0 Å². The molecule has 1 unspecified atom stereocenters. The zero-order chi connectivity index (χ0) is 30.9. The lowest BCUT2D eigenvalue weighted by Gasteiger charge is -2.52. The average Bonchev–Trinajstić information content (AvgIpc) is 3.81. The summed E-state index contributed by atoms with van der Waals surface area (Å²) in [6, 6.07) is 18.4. The SMILES string of the molecule is COC(=O)c1ccc(C[C@@]2(C)O[C@H](c3cccc(Cl)c3)C(c3ccc(Cl)cc3)N([C@H](CSC(C)(C)C)C3CC3)C2=O)nc1. The Morgan fingerprint density at radius 2 is 1.81 bits per heavy atom. The van der Waals surface area contributed by atoms with Crippen LogP contribution in [0.15, 0.2) is 66.9 Å². The van der Waals surface area contributed by atoms with Gasteiger partial charge in [-0.15, -0.1) is 0 Å². The fraction of sp³-hybridized carbons (Fsp3) is 0.441. The summed E-state index contributed by atoms with van der Waals surface area (Å²) in [6.07, 6.45) is 3.38. The number of nitrogens with zero attached hydrogens (tertiary/aromatic N) is 2. The molecule has 6 nitrogen and oxygen atoms in total. The van der Waals surface area contributed by atoms with Gasteiger partial charge in [-0.2, -0.15) is 11.8 Å². The Morgan fingerprint density at radius 3 is 2.40 bits per heavy atom. The van der Waals surface area contributed by atoms with Crippen LogP contribution in [-0.2, 0) is 20.7 Å². The number of pyridine rings is 1. The number of aromatic nitrogens is 1. The van der Waals surface area contributed by atoms with E-state index in [0.717, 1.165) is 29.7 Å². The molecule has 1 aromatic heterocycles. The molecule has 2 aromatic carbocycles. The molecule has 1 aliphatic heterocycles. The summed E-state index contributed by atoms with van der Waals surface area (Å²) >= 11 is 14.7. The minimum atomic E-state index is -1.23. The van der Waals surface area contributed by atoms with Gasteiger partial charge in [0.15, 0.2) is 5.60 Å². The standard InChI is InChI=1S/C34H38Cl2N2O4S/c1-33(2,3)43-20-28(21-9-10-21)38-29(22-11-14-25(35)15-12-22)30(23-7-6-8-26(36)17-23)42-34(4,32(38)40)18-27-16-13-24(19-37-27)31(39)41-5/h6-8,11-17,19,21,28-30H,9-10,18,20H2,1-5H3/t28-,29?,30-,34-/m1/s1. The van der Waals surface area contributed by atoms with Crippen molar-refractivity contribution in [3.05, 3.63) is 99.3 Å². The van der Waals surface area contributed by atoms with Gasteiger partial charge in [-0.25, -0.2) is 4.79 Å². The first-order chi connectivity index (χ1) is 20.4. The number of rotatable bonds is 9. The molecular weight excluding hydrogens is 603 g/mol. The Balaban J connectivity index is 1.62. The summed E-state index contributed by atoms with van der Waals surface area (Å²) in [5, 5.41) is 1.23. The number of hydrogen-bond acceptors (Lipinski definition) is 6. The molecule has 5 rings (SSSR count). The highest BCUT2D eigenvalue weighted by molar-refractivity contribution is 8.00. The topological polar surface area (TPSA) is 68.7 Å². The Labute approximate surface area is 268 Å². The van der Waals surface area contributed by atoms with Crippen molar-refractivity contribution in [1.29, 1.82) is 0 Å². The first-order valence-corrected chi connectivity index (χ1v) is 16.3. The number of esters is 1. The van der Waals surface area contributed by atoms with Gasteiger partial charge in [0.1, 0.15) is 6.10 Å². The summed E-state index contributed by atoms with van der Waals surface area (Å²) in [5.74, 6) is 0.690. The quantitative estimate of drug-likeness (QED) is 0.220. The monoisotopic (exact) mass is 640 g/mol. The van der Waals surface area contributed by atoms with Crippen molar-refractivity contribution in [3.8, 4) is 0 Å². The van der Waals surface area contributed by atoms with Gasteiger partial charge in [-0.05, 0) is 73.2 Å². The van der Waals surface area contributed by atoms with Crippen molar-refractivity contribution in [3.63, 3.8) is 0 Å². The summed E-state index contributed by atoms with van der Waals surface area (Å²) in [5.41, 5.74) is 1.61. The predicted octanol–water partition coefficient (Wildman–Crippen LogP) is 8.13. The molecule has 1 saturated heterocycles. The summed E-state index contributed by atoms with van der Waals surface area (Å²) in [4.78, 5) is 33.5. The Kier molecular flexibility index (Phi) is 9.48. The van der Waals surface area contributed by atoms with E-state index in [1.807, 2.05) is 67.2 Å². The normalized spacial score (nSPS) is 23.2. The fourth-order valence-electron chi connectivity index (χ4n) is 5.72. The minimum absolute atomic E-state index is 0.0111. The molecule has 0 bridgehead atoms. The van der Waals surface area contributed by atoms with Crippen LogP contribution >= 0.6 is 35.0 Å². The third kappa shape index (κ3) is 7.39. The second kappa shape index (κ2) is 12.8. The maximum atomic E-state index is 14.9. The number of carbonyl (C=O) groups is 2. The average molecular weight is 642 g/mol. The Bertz CT molecular complexity index is 1460. The number of benzene rings is 2. The van der Waals surface area contributed by atoms with Crippen LogP contribution in [0, 0.1) is 5.92 Å². The van der Waals surface area contributed by atoms with Gasteiger partial charge < -0.3 is 14.4 Å². The van der Waals surface area contributed by atoms with Gasteiger partial charge in [-0.1, -0.05) is 68.2 Å². The van der Waals surface area contributed by atoms with Crippen molar-refractivity contribution in [2.24, 2.45) is 5.92 Å². The van der Waals surface area contributed by atoms with Crippen LogP contribution in [0.5, 0.6) is 0 Å². The lowest BCUT2D eigenvalue weighted by Crippen LogP contribution is -2.62. The lowest BCUT2D eigenvalue weighted by molar-refractivity contribution is -0.202. The molecule has 43 heavy (non-hydrogen) atoms. The molecule has 2 fully saturated rings. The number of amides is 1. The van der Waals surface area contributed by atoms with Gasteiger partial charge in [-0.3, -0.25) is 9.78 Å². The van der Waals surface area contributed by atoms with Crippen LogP contribution in [0.4, 0.5) is 0 Å². The van der Waals surface area contributed by atoms with E-state index in [1.54, 1.807) is 12.1 Å². The Morgan fingerprint density at radius 1 is 1.09 bits per heavy atom. The molecular formula is C34H38Cl2N2O4S. The van der Waals surface area contributed by atoms with E-state index in [9.17, 15) is 9.59 Å². The van der Waals surface area contributed by atoms with E-state index >= 15 is 0 Å². The second-order valence-corrected chi connectivity index (χ2v) is 15.3. The first-order valence-electron chi connectivity index (χ1n) is 14.6. The number of thioether (sulfide) groups is 1. The van der Waals surface area contributed by atoms with Crippen LogP contribution in [0.2, 0.25) is 10.0 Å². The molecule has 0 radical (unpaired) electrons. The van der Waals surface area contributed by atoms with E-state index < -0.39 is 23.7 Å². The van der Waals surface area contributed by atoms with E-state index in [0.29, 0.717) is 27.2 Å². The molecule has 228 valence electrons. The van der Waals surface area contributed by atoms with Gasteiger partial charge >= 0.3 is 5.97 Å². The molecule has 2 aliphatic rings. The van der Waals surface area contributed by atoms with E-state index in [2.05, 4.69) is 30.7 Å². The molecule has 3 aromatic rings. The third-order valence-electron chi connectivity index (χ3n) is 8.02. The molecule has 2 heterocycles. The number of carbonyl (C=O) groups excluding carboxylic acids is 2. The maximum Gasteiger partial charge on any atom is 0.339 e. The maximum absolute atomic E-state index is 14.9. The van der Waals surface area contributed by atoms with Crippen LogP contribution < -0.4 is 0 Å². The number of ether oxygens (including phenoxy) is 2. The smallest absolute Gasteiger partial charge is 0.339 e. The molecule has 0 N–H and O–H groups in total. The van der Waals surface area contributed by atoms with Gasteiger partial charge in [0, 0.05) is 44.9 Å². The summed E-state index contributed by atoms with van der Waals surface area (Å²) in [6.45, 7) is 8.49. The zero-order valence-electron chi connectivity index (χ0n) is 25.2. The van der Waals surface area contributed by atoms with Crippen molar-refractivity contribution in [2.75, 3.05) is 12.9 Å². The minimum Gasteiger partial charge on any atom is -0.465 e. The highest BCUT2D eigenvalue weighted by atomic mass is 35.5. The molecule has 9 heteroatoms. The van der Waals surface area contributed by atoms with E-state index in [1.165, 1.54) is 13.3 Å². The molecule has 1 amide bonds. The summed E-state index contributed by atoms with van der Waals surface area (Å²) in [7, 11) is 1.34. The molecule has 1 saturated carbocycles. The van der Waals surface area contributed by atoms with E-state index in [-0.39, 0.29) is 23.1 Å². The second-order valence-electron chi connectivity index (χ2n) is 12.6. The fourth-order valence-corrected chi connectivity index (χ4v) is 7.15. The Hall–Kier alpha value is -2.58. The third-order valence-corrected chi connectivity index (χ3v) is 9.89. The van der Waals surface area contributed by atoms with Crippen LogP contribution in [0.1, 0.15) is 79.9 Å². The van der Waals surface area contributed by atoms with Crippen molar-refractivity contribution in [2.45, 2.75) is 75.5 Å². The first kappa shape index (κ1) is 31.8. The van der Waals surface area contributed by atoms with Crippen molar-refractivity contribution in [1.82, 2.24) is 9.88 Å². The number of hydrogen-bond donors (Lipinski definition) is 0. The number of methoxy groups -OCH3 is 1. The highest BCUT2D eigenvalue weighted by Gasteiger charge is 2.55. The van der Waals surface area contributed by atoms with Gasteiger partial charge in [0.05, 0.1) is 18.7 Å². The number of morpholine rings is 1. The molecule has 0 spiro atoms. The number of halogens is 2. The van der Waals surface area contributed by atoms with Crippen molar-refractivity contribution < 1.29 is 19.1 Å². The van der Waals surface area contributed by atoms with Gasteiger partial charge in [0.25, 0.3) is 5.91 Å². The van der Waals surface area contributed by atoms with Crippen LogP contribution in [0.25, 0.3) is 0 Å². The van der Waals surface area contributed by atoms with Gasteiger partial charge in [0.2, 0.25) is 0 Å². The van der Waals surface area contributed by atoms with Crippen molar-refractivity contribution >= 4 is 46.8 Å². The molecule has 4 atom stereocenters. The van der Waals surface area contributed by atoms with Crippen LogP contribution in [-0.4, -0.2) is 51.0 Å². The largest absolute Gasteiger partial charge is 0.465 e. The molecule has 1 aliphatic carbocycles. The summed E-state index contributed by atoms with van der Waals surface area (Å²) < 4.78 is 11.8. The van der Waals surface area contributed by atoms with E-state index in [4.69, 9.17) is 32.7 Å². The lowest BCUT2D eigenvalue weighted by atomic mass is 9.85. The zero-order valence-corrected chi connectivity index (χ0v) is 27.5. The highest BCUT2D eigenvalue weighted by Crippen LogP contribution is 2.51. The predicted molar refractivity (Wildman–Crippen MR) is 173 cm³/mol.